The molecule has 3 unspecified atom stereocenters. The standard InChI is InChI=1S/C9H15BO3/c1-5-2-3-6(9(12)13)7(4-5)8(10)11/h5-7H,2-4,10H2,1H3,(H,12,13). The molecule has 0 amide bonds. The molecule has 13 heavy (non-hydrogen) atoms. The highest BCUT2D eigenvalue weighted by Crippen LogP contribution is 2.33. The van der Waals surface area contributed by atoms with Crippen LogP contribution in [0.3, 0.4) is 0 Å². The van der Waals surface area contributed by atoms with Gasteiger partial charge < -0.3 is 9.90 Å². The summed E-state index contributed by atoms with van der Waals surface area (Å²) < 4.78 is 0. The topological polar surface area (TPSA) is 54.4 Å². The molecule has 0 bridgehead atoms. The third-order valence-electron chi connectivity index (χ3n) is 2.95. The van der Waals surface area contributed by atoms with E-state index in [4.69, 9.17) is 5.11 Å². The molecule has 1 saturated carbocycles. The quantitative estimate of drug-likeness (QED) is 0.624. The third-order valence-corrected chi connectivity index (χ3v) is 2.95. The van der Waals surface area contributed by atoms with Crippen LogP contribution in [0.15, 0.2) is 0 Å². The van der Waals surface area contributed by atoms with E-state index in [1.807, 2.05) is 0 Å². The van der Waals surface area contributed by atoms with Crippen LogP contribution >= 0.6 is 0 Å². The Labute approximate surface area is 78.9 Å². The first-order valence-electron chi connectivity index (χ1n) is 4.75. The lowest BCUT2D eigenvalue weighted by atomic mass is 9.69. The zero-order chi connectivity index (χ0) is 10.0. The number of carbonyl (C=O) groups excluding carboxylic acids is 1. The molecule has 0 heterocycles. The van der Waals surface area contributed by atoms with E-state index in [1.165, 1.54) is 7.85 Å². The highest BCUT2D eigenvalue weighted by atomic mass is 16.4. The van der Waals surface area contributed by atoms with E-state index in [1.54, 1.807) is 0 Å². The van der Waals surface area contributed by atoms with Gasteiger partial charge in [0.05, 0.1) is 11.6 Å². The fraction of sp³-hybridized carbons (Fsp3) is 0.778. The molecule has 1 aliphatic carbocycles. The molecule has 0 spiro atoms. The molecule has 72 valence electrons. The highest BCUT2D eigenvalue weighted by Gasteiger charge is 2.35. The average Bonchev–Trinajstić information content (AvgIpc) is 2.03. The van der Waals surface area contributed by atoms with E-state index in [-0.39, 0.29) is 11.6 Å². The average molecular weight is 182 g/mol. The van der Waals surface area contributed by atoms with Crippen molar-refractivity contribution in [2.45, 2.75) is 26.2 Å². The smallest absolute Gasteiger partial charge is 0.307 e. The summed E-state index contributed by atoms with van der Waals surface area (Å²) in [6.07, 6.45) is 2.33. The van der Waals surface area contributed by atoms with Gasteiger partial charge in [0, 0.05) is 5.92 Å². The second kappa shape index (κ2) is 3.94. The predicted octanol–water partition coefficient (Wildman–Crippen LogP) is 0.283. The minimum Gasteiger partial charge on any atom is -0.481 e. The SMILES string of the molecule is BC(=O)C1CC(C)CCC1C(=O)O. The molecular formula is C9H15BO3. The van der Waals surface area contributed by atoms with Gasteiger partial charge in [0.1, 0.15) is 0 Å². The first-order chi connectivity index (χ1) is 6.02. The summed E-state index contributed by atoms with van der Waals surface area (Å²) in [5.74, 6) is -1.01. The third kappa shape index (κ3) is 2.33. The van der Waals surface area contributed by atoms with Crippen molar-refractivity contribution in [3.63, 3.8) is 0 Å². The molecule has 1 fully saturated rings. The zero-order valence-corrected chi connectivity index (χ0v) is 8.12. The normalized spacial score (nSPS) is 34.1. The van der Waals surface area contributed by atoms with Crippen LogP contribution in [0.4, 0.5) is 0 Å². The Morgan fingerprint density at radius 3 is 2.38 bits per heavy atom. The van der Waals surface area contributed by atoms with Crippen molar-refractivity contribution in [2.75, 3.05) is 0 Å². The molecule has 1 rings (SSSR count). The molecule has 1 N–H and O–H groups in total. The monoisotopic (exact) mass is 182 g/mol. The largest absolute Gasteiger partial charge is 0.481 e. The van der Waals surface area contributed by atoms with Gasteiger partial charge in [-0.2, -0.15) is 0 Å². The Kier molecular flexibility index (Phi) is 3.12. The summed E-state index contributed by atoms with van der Waals surface area (Å²) >= 11 is 0. The Morgan fingerprint density at radius 1 is 1.31 bits per heavy atom. The fourth-order valence-electron chi connectivity index (χ4n) is 2.13. The second-order valence-electron chi connectivity index (χ2n) is 4.08. The fourth-order valence-corrected chi connectivity index (χ4v) is 2.13. The van der Waals surface area contributed by atoms with Crippen LogP contribution < -0.4 is 0 Å². The van der Waals surface area contributed by atoms with Crippen molar-refractivity contribution in [1.29, 1.82) is 0 Å². The molecular weight excluding hydrogens is 167 g/mol. The number of carboxylic acids is 1. The van der Waals surface area contributed by atoms with Crippen molar-refractivity contribution >= 4 is 19.5 Å². The van der Waals surface area contributed by atoms with E-state index in [0.717, 1.165) is 12.8 Å². The van der Waals surface area contributed by atoms with Crippen molar-refractivity contribution < 1.29 is 14.7 Å². The van der Waals surface area contributed by atoms with Gasteiger partial charge in [-0.15, -0.1) is 0 Å². The zero-order valence-electron chi connectivity index (χ0n) is 8.12. The minimum absolute atomic E-state index is 0.0268. The molecule has 0 saturated heterocycles. The first-order valence-corrected chi connectivity index (χ1v) is 4.75. The van der Waals surface area contributed by atoms with Gasteiger partial charge in [0.25, 0.3) is 0 Å². The number of carbonyl (C=O) groups is 2. The molecule has 0 aromatic rings. The highest BCUT2D eigenvalue weighted by molar-refractivity contribution is 6.58. The summed E-state index contributed by atoms with van der Waals surface area (Å²) in [6.45, 7) is 2.08. The van der Waals surface area contributed by atoms with Crippen LogP contribution in [-0.4, -0.2) is 24.6 Å². The summed E-state index contributed by atoms with van der Waals surface area (Å²) in [7, 11) is 1.50. The van der Waals surface area contributed by atoms with Gasteiger partial charge >= 0.3 is 5.97 Å². The maximum Gasteiger partial charge on any atom is 0.307 e. The van der Waals surface area contributed by atoms with Crippen LogP contribution in [0.25, 0.3) is 0 Å². The van der Waals surface area contributed by atoms with E-state index in [9.17, 15) is 9.59 Å². The number of aliphatic carboxylic acids is 1. The Balaban J connectivity index is 2.72. The van der Waals surface area contributed by atoms with Crippen molar-refractivity contribution in [1.82, 2.24) is 0 Å². The molecule has 3 nitrogen and oxygen atoms in total. The molecule has 0 aliphatic heterocycles. The number of carboxylic acid groups (broad SMARTS) is 1. The number of hydrogen-bond donors (Lipinski definition) is 1. The van der Waals surface area contributed by atoms with Crippen LogP contribution in [-0.2, 0) is 9.59 Å². The van der Waals surface area contributed by atoms with E-state index >= 15 is 0 Å². The number of hydrogen-bond acceptors (Lipinski definition) is 2. The molecule has 3 atom stereocenters. The van der Waals surface area contributed by atoms with Gasteiger partial charge in [-0.3, -0.25) is 4.79 Å². The van der Waals surface area contributed by atoms with Crippen LogP contribution in [0.2, 0.25) is 0 Å². The first kappa shape index (κ1) is 10.3. The second-order valence-corrected chi connectivity index (χ2v) is 4.08. The Morgan fingerprint density at radius 2 is 1.92 bits per heavy atom. The molecule has 0 aromatic heterocycles. The van der Waals surface area contributed by atoms with E-state index < -0.39 is 11.9 Å². The lowest BCUT2D eigenvalue weighted by molar-refractivity contribution is -0.147. The summed E-state index contributed by atoms with van der Waals surface area (Å²) in [5, 5.41) is 8.89. The number of rotatable bonds is 2. The minimum atomic E-state index is -0.813. The van der Waals surface area contributed by atoms with E-state index in [0.29, 0.717) is 12.3 Å². The molecule has 1 aliphatic rings. The summed E-state index contributed by atoms with van der Waals surface area (Å²) in [5.41, 5.74) is 0.0268. The lowest BCUT2D eigenvalue weighted by Gasteiger charge is -2.30. The van der Waals surface area contributed by atoms with Crippen molar-refractivity contribution in [3.05, 3.63) is 0 Å². The van der Waals surface area contributed by atoms with Gasteiger partial charge in [-0.1, -0.05) is 6.92 Å². The summed E-state index contributed by atoms with van der Waals surface area (Å²) in [6, 6.07) is 0. The summed E-state index contributed by atoms with van der Waals surface area (Å²) in [4.78, 5) is 22.0. The van der Waals surface area contributed by atoms with Gasteiger partial charge in [0.15, 0.2) is 7.85 Å². The van der Waals surface area contributed by atoms with Gasteiger partial charge in [0.2, 0.25) is 0 Å². The van der Waals surface area contributed by atoms with Gasteiger partial charge in [-0.25, -0.2) is 0 Å². The molecule has 0 aromatic carbocycles. The van der Waals surface area contributed by atoms with Crippen molar-refractivity contribution in [2.24, 2.45) is 17.8 Å². The maximum absolute atomic E-state index is 11.2. The van der Waals surface area contributed by atoms with E-state index in [2.05, 4.69) is 6.92 Å². The predicted molar refractivity (Wildman–Crippen MR) is 51.2 cm³/mol. The van der Waals surface area contributed by atoms with Crippen molar-refractivity contribution in [3.8, 4) is 0 Å². The van der Waals surface area contributed by atoms with Gasteiger partial charge in [-0.05, 0) is 25.2 Å². The maximum atomic E-state index is 11.2. The molecule has 4 heteroatoms. The van der Waals surface area contributed by atoms with Crippen LogP contribution in [0.5, 0.6) is 0 Å². The van der Waals surface area contributed by atoms with Crippen LogP contribution in [0, 0.1) is 17.8 Å². The Hall–Kier alpha value is -0.795. The van der Waals surface area contributed by atoms with Crippen LogP contribution in [0.1, 0.15) is 26.2 Å². The molecule has 0 radical (unpaired) electrons. The Bertz CT molecular complexity index is 227. The lowest BCUT2D eigenvalue weighted by Crippen LogP contribution is -2.35.